The third-order valence-electron chi connectivity index (χ3n) is 5.30. The monoisotopic (exact) mass is 392 g/mol. The Balaban J connectivity index is 1.40. The van der Waals surface area contributed by atoms with Crippen LogP contribution < -0.4 is 5.32 Å². The van der Waals surface area contributed by atoms with E-state index in [4.69, 9.17) is 11.6 Å². The van der Waals surface area contributed by atoms with Crippen LogP contribution in [0.25, 0.3) is 10.8 Å². The van der Waals surface area contributed by atoms with Gasteiger partial charge in [-0.2, -0.15) is 0 Å². The lowest BCUT2D eigenvalue weighted by molar-refractivity contribution is -0.121. The van der Waals surface area contributed by atoms with Gasteiger partial charge in [-0.1, -0.05) is 60.1 Å². The van der Waals surface area contributed by atoms with Gasteiger partial charge >= 0.3 is 0 Å². The molecule has 0 saturated carbocycles. The van der Waals surface area contributed by atoms with E-state index in [1.807, 2.05) is 54.6 Å². The number of nitrogens with one attached hydrogen (secondary N) is 1. The molecule has 1 aliphatic rings. The zero-order valence-electron chi connectivity index (χ0n) is 15.4. The van der Waals surface area contributed by atoms with Crippen LogP contribution in [0.15, 0.2) is 66.7 Å². The molecule has 0 spiro atoms. The summed E-state index contributed by atoms with van der Waals surface area (Å²) in [7, 11) is 0. The molecule has 0 aromatic heterocycles. The van der Waals surface area contributed by atoms with Crippen molar-refractivity contribution < 1.29 is 9.59 Å². The summed E-state index contributed by atoms with van der Waals surface area (Å²) in [6.45, 7) is 1.11. The van der Waals surface area contributed by atoms with Crippen LogP contribution in [-0.4, -0.2) is 29.8 Å². The molecule has 0 atom stereocenters. The molecular weight excluding hydrogens is 372 g/mol. The molecule has 1 aliphatic heterocycles. The maximum absolute atomic E-state index is 12.8. The molecular formula is C23H21ClN2O2. The number of halogens is 1. The van der Waals surface area contributed by atoms with Crippen molar-refractivity contribution in [1.29, 1.82) is 0 Å². The lowest BCUT2D eigenvalue weighted by atomic mass is 9.95. The number of benzene rings is 3. The number of hydrogen-bond donors (Lipinski definition) is 1. The van der Waals surface area contributed by atoms with E-state index in [0.717, 1.165) is 16.5 Å². The third kappa shape index (κ3) is 3.73. The molecule has 3 aromatic rings. The highest BCUT2D eigenvalue weighted by molar-refractivity contribution is 6.33. The number of amides is 2. The summed E-state index contributed by atoms with van der Waals surface area (Å²) in [5.74, 6) is -0.158. The van der Waals surface area contributed by atoms with Gasteiger partial charge in [0.2, 0.25) is 5.91 Å². The molecule has 5 heteroatoms. The van der Waals surface area contributed by atoms with Crippen LogP contribution in [0.4, 0.5) is 5.69 Å². The molecule has 4 nitrogen and oxygen atoms in total. The number of carbonyl (C=O) groups excluding carboxylic acids is 2. The number of anilines is 1. The molecule has 142 valence electrons. The first-order chi connectivity index (χ1) is 13.6. The number of fused-ring (bicyclic) bond motifs is 1. The maximum Gasteiger partial charge on any atom is 0.255 e. The minimum Gasteiger partial charge on any atom is -0.339 e. The van der Waals surface area contributed by atoms with Gasteiger partial charge in [0.25, 0.3) is 5.91 Å². The predicted octanol–water partition coefficient (Wildman–Crippen LogP) is 4.98. The van der Waals surface area contributed by atoms with Crippen LogP contribution in [0.1, 0.15) is 23.2 Å². The highest BCUT2D eigenvalue weighted by atomic mass is 35.5. The Morgan fingerprint density at radius 1 is 0.893 bits per heavy atom. The Kier molecular flexibility index (Phi) is 5.31. The summed E-state index contributed by atoms with van der Waals surface area (Å²) in [5.41, 5.74) is 1.35. The Bertz CT molecular complexity index is 1020. The van der Waals surface area contributed by atoms with Gasteiger partial charge in [0.1, 0.15) is 0 Å². The number of nitrogens with zero attached hydrogens (tertiary/aromatic N) is 1. The zero-order chi connectivity index (χ0) is 19.5. The minimum atomic E-state index is -0.103. The van der Waals surface area contributed by atoms with Crippen LogP contribution in [0, 0.1) is 5.92 Å². The summed E-state index contributed by atoms with van der Waals surface area (Å²) in [6, 6.07) is 21.0. The Labute approximate surface area is 169 Å². The molecule has 0 radical (unpaired) electrons. The highest BCUT2D eigenvalue weighted by Gasteiger charge is 2.28. The van der Waals surface area contributed by atoms with Crippen LogP contribution in [0.2, 0.25) is 5.02 Å². The molecule has 0 aliphatic carbocycles. The predicted molar refractivity (Wildman–Crippen MR) is 113 cm³/mol. The van der Waals surface area contributed by atoms with Gasteiger partial charge in [0.05, 0.1) is 10.6 Å². The standard InChI is InChI=1S/C23H21ClN2O2/c24-20-10-4-3-9-19(20)23(28)26-14-12-17(13-15-26)22(27)25-21-11-5-7-16-6-1-2-8-18(16)21/h1-11,17H,12-15H2,(H,25,27). The van der Waals surface area contributed by atoms with E-state index in [-0.39, 0.29) is 17.7 Å². The van der Waals surface area contributed by atoms with Gasteiger partial charge in [-0.3, -0.25) is 9.59 Å². The van der Waals surface area contributed by atoms with Crippen molar-refractivity contribution in [3.05, 3.63) is 77.3 Å². The molecule has 1 fully saturated rings. The van der Waals surface area contributed by atoms with Gasteiger partial charge < -0.3 is 10.2 Å². The van der Waals surface area contributed by atoms with E-state index in [9.17, 15) is 9.59 Å². The fraction of sp³-hybridized carbons (Fsp3) is 0.217. The zero-order valence-corrected chi connectivity index (χ0v) is 16.2. The summed E-state index contributed by atoms with van der Waals surface area (Å²) in [4.78, 5) is 27.2. The Morgan fingerprint density at radius 3 is 2.36 bits per heavy atom. The number of likely N-dealkylation sites (tertiary alicyclic amines) is 1. The van der Waals surface area contributed by atoms with E-state index in [0.29, 0.717) is 36.5 Å². The summed E-state index contributed by atoms with van der Waals surface area (Å²) < 4.78 is 0. The second kappa shape index (κ2) is 8.03. The molecule has 1 saturated heterocycles. The van der Waals surface area contributed by atoms with Crippen molar-refractivity contribution in [2.24, 2.45) is 5.92 Å². The Hall–Kier alpha value is -2.85. The summed E-state index contributed by atoms with van der Waals surface area (Å²) in [6.07, 6.45) is 1.29. The minimum absolute atomic E-state index is 0.0150. The second-order valence-corrected chi connectivity index (χ2v) is 7.47. The van der Waals surface area contributed by atoms with Crippen LogP contribution in [-0.2, 0) is 4.79 Å². The fourth-order valence-electron chi connectivity index (χ4n) is 3.72. The smallest absolute Gasteiger partial charge is 0.255 e. The van der Waals surface area contributed by atoms with Gasteiger partial charge in [-0.05, 0) is 36.4 Å². The average Bonchev–Trinajstić information content (AvgIpc) is 2.74. The van der Waals surface area contributed by atoms with E-state index < -0.39 is 0 Å². The van der Waals surface area contributed by atoms with Gasteiger partial charge in [-0.25, -0.2) is 0 Å². The molecule has 2 amide bonds. The van der Waals surface area contributed by atoms with Crippen molar-refractivity contribution in [3.8, 4) is 0 Å². The van der Waals surface area contributed by atoms with Crippen LogP contribution in [0.5, 0.6) is 0 Å². The van der Waals surface area contributed by atoms with Crippen molar-refractivity contribution in [3.63, 3.8) is 0 Å². The van der Waals surface area contributed by atoms with Crippen molar-refractivity contribution in [1.82, 2.24) is 4.90 Å². The van der Waals surface area contributed by atoms with Crippen molar-refractivity contribution in [2.75, 3.05) is 18.4 Å². The summed E-state index contributed by atoms with van der Waals surface area (Å²) in [5, 5.41) is 5.67. The second-order valence-electron chi connectivity index (χ2n) is 7.06. The first kappa shape index (κ1) is 18.5. The molecule has 0 bridgehead atoms. The number of hydrogen-bond acceptors (Lipinski definition) is 2. The fourth-order valence-corrected chi connectivity index (χ4v) is 3.94. The van der Waals surface area contributed by atoms with Gasteiger partial charge in [-0.15, -0.1) is 0 Å². The normalized spacial score (nSPS) is 14.8. The molecule has 1 N–H and O–H groups in total. The maximum atomic E-state index is 12.8. The van der Waals surface area contributed by atoms with E-state index in [1.165, 1.54) is 0 Å². The number of piperidine rings is 1. The molecule has 4 rings (SSSR count). The van der Waals surface area contributed by atoms with Gasteiger partial charge in [0, 0.05) is 30.1 Å². The van der Waals surface area contributed by atoms with Gasteiger partial charge in [0.15, 0.2) is 0 Å². The largest absolute Gasteiger partial charge is 0.339 e. The van der Waals surface area contributed by atoms with Crippen molar-refractivity contribution >= 4 is 39.9 Å². The first-order valence-corrected chi connectivity index (χ1v) is 9.84. The number of rotatable bonds is 3. The third-order valence-corrected chi connectivity index (χ3v) is 5.63. The number of carbonyl (C=O) groups is 2. The quantitative estimate of drug-likeness (QED) is 0.683. The molecule has 0 unspecified atom stereocenters. The topological polar surface area (TPSA) is 49.4 Å². The Morgan fingerprint density at radius 2 is 1.57 bits per heavy atom. The summed E-state index contributed by atoms with van der Waals surface area (Å²) >= 11 is 6.14. The lowest BCUT2D eigenvalue weighted by Crippen LogP contribution is -2.41. The SMILES string of the molecule is O=C(Nc1cccc2ccccc12)C1CCN(C(=O)c2ccccc2Cl)CC1. The average molecular weight is 393 g/mol. The van der Waals surface area contributed by atoms with Crippen LogP contribution >= 0.6 is 11.6 Å². The molecule has 28 heavy (non-hydrogen) atoms. The van der Waals surface area contributed by atoms with E-state index >= 15 is 0 Å². The molecule has 1 heterocycles. The highest BCUT2D eigenvalue weighted by Crippen LogP contribution is 2.26. The lowest BCUT2D eigenvalue weighted by Gasteiger charge is -2.31. The first-order valence-electron chi connectivity index (χ1n) is 9.46. The van der Waals surface area contributed by atoms with E-state index in [2.05, 4.69) is 5.32 Å². The van der Waals surface area contributed by atoms with Crippen LogP contribution in [0.3, 0.4) is 0 Å². The van der Waals surface area contributed by atoms with Crippen molar-refractivity contribution in [2.45, 2.75) is 12.8 Å². The molecule has 3 aromatic carbocycles. The van der Waals surface area contributed by atoms with E-state index in [1.54, 1.807) is 17.0 Å².